The third-order valence-electron chi connectivity index (χ3n) is 7.05. The zero-order chi connectivity index (χ0) is 31.0. The van der Waals surface area contributed by atoms with Gasteiger partial charge in [-0.15, -0.1) is 0 Å². The summed E-state index contributed by atoms with van der Waals surface area (Å²) in [6.07, 6.45) is 0.228. The highest BCUT2D eigenvalue weighted by molar-refractivity contribution is 7.92. The van der Waals surface area contributed by atoms with Crippen molar-refractivity contribution in [2.75, 3.05) is 36.4 Å². The number of hydrogen-bond donors (Lipinski definition) is 1. The van der Waals surface area contributed by atoms with Crippen LogP contribution in [0.15, 0.2) is 72.8 Å². The maximum absolute atomic E-state index is 14.3. The molecule has 1 aliphatic heterocycles. The van der Waals surface area contributed by atoms with Gasteiger partial charge in [0.1, 0.15) is 25.8 Å². The molecule has 0 bridgehead atoms. The van der Waals surface area contributed by atoms with E-state index in [-0.39, 0.29) is 36.2 Å². The Morgan fingerprint density at radius 2 is 1.63 bits per heavy atom. The van der Waals surface area contributed by atoms with Crippen LogP contribution in [-0.2, 0) is 32.6 Å². The van der Waals surface area contributed by atoms with E-state index in [0.29, 0.717) is 41.8 Å². The highest BCUT2D eigenvalue weighted by Crippen LogP contribution is 2.35. The Hall–Kier alpha value is -3.76. The first-order valence-electron chi connectivity index (χ1n) is 14.3. The Morgan fingerprint density at radius 1 is 0.953 bits per heavy atom. The van der Waals surface area contributed by atoms with Crippen LogP contribution in [0.2, 0.25) is 5.02 Å². The Kier molecular flexibility index (Phi) is 10.9. The fraction of sp³-hybridized carbons (Fsp3) is 0.375. The van der Waals surface area contributed by atoms with Gasteiger partial charge in [-0.1, -0.05) is 74.0 Å². The van der Waals surface area contributed by atoms with Gasteiger partial charge >= 0.3 is 0 Å². The van der Waals surface area contributed by atoms with E-state index >= 15 is 0 Å². The number of rotatable bonds is 13. The lowest BCUT2D eigenvalue weighted by molar-refractivity contribution is -0.140. The molecule has 1 unspecified atom stereocenters. The predicted molar refractivity (Wildman–Crippen MR) is 168 cm³/mol. The molecule has 0 saturated heterocycles. The topological polar surface area (TPSA) is 105 Å². The molecule has 2 amide bonds. The predicted octanol–water partition coefficient (Wildman–Crippen LogP) is 4.68. The minimum Gasteiger partial charge on any atom is -0.486 e. The molecule has 4 rings (SSSR count). The second-order valence-electron chi connectivity index (χ2n) is 10.7. The van der Waals surface area contributed by atoms with E-state index in [1.165, 1.54) is 11.8 Å². The number of amides is 2. The molecule has 3 aromatic rings. The molecular weight excluding hydrogens is 590 g/mol. The van der Waals surface area contributed by atoms with Crippen LogP contribution >= 0.6 is 11.6 Å². The van der Waals surface area contributed by atoms with Gasteiger partial charge in [-0.3, -0.25) is 13.9 Å². The maximum Gasteiger partial charge on any atom is 0.244 e. The molecule has 230 valence electrons. The van der Waals surface area contributed by atoms with Crippen LogP contribution in [0.25, 0.3) is 0 Å². The quantitative estimate of drug-likeness (QED) is 0.295. The highest BCUT2D eigenvalue weighted by atomic mass is 35.5. The Bertz CT molecular complexity index is 1520. The smallest absolute Gasteiger partial charge is 0.244 e. The summed E-state index contributed by atoms with van der Waals surface area (Å²) in [4.78, 5) is 29.5. The summed E-state index contributed by atoms with van der Waals surface area (Å²) in [5.74, 6) is -0.0264. The van der Waals surface area contributed by atoms with Crippen molar-refractivity contribution in [2.24, 2.45) is 5.92 Å². The number of benzene rings is 3. The first-order valence-corrected chi connectivity index (χ1v) is 16.3. The fourth-order valence-corrected chi connectivity index (χ4v) is 5.94. The van der Waals surface area contributed by atoms with Crippen LogP contribution in [0.3, 0.4) is 0 Å². The Balaban J connectivity index is 1.75. The van der Waals surface area contributed by atoms with Crippen molar-refractivity contribution in [1.82, 2.24) is 10.2 Å². The van der Waals surface area contributed by atoms with Gasteiger partial charge in [0, 0.05) is 30.6 Å². The van der Waals surface area contributed by atoms with Gasteiger partial charge in [0.15, 0.2) is 11.5 Å². The van der Waals surface area contributed by atoms with Crippen LogP contribution in [0, 0.1) is 5.92 Å². The summed E-state index contributed by atoms with van der Waals surface area (Å²) in [5, 5.41) is 3.41. The third-order valence-corrected chi connectivity index (χ3v) is 9.16. The van der Waals surface area contributed by atoms with E-state index < -0.39 is 28.5 Å². The van der Waals surface area contributed by atoms with E-state index in [1.807, 2.05) is 44.2 Å². The average molecular weight is 628 g/mol. The summed E-state index contributed by atoms with van der Waals surface area (Å²) in [5.41, 5.74) is 1.76. The largest absolute Gasteiger partial charge is 0.486 e. The van der Waals surface area contributed by atoms with Gasteiger partial charge in [0.05, 0.1) is 11.4 Å². The molecule has 11 heteroatoms. The molecule has 0 spiro atoms. The van der Waals surface area contributed by atoms with E-state index in [1.54, 1.807) is 42.5 Å². The fourth-order valence-electron chi connectivity index (χ4n) is 4.69. The lowest BCUT2D eigenvalue weighted by Gasteiger charge is -2.34. The zero-order valence-electron chi connectivity index (χ0n) is 24.7. The first kappa shape index (κ1) is 32.2. The number of anilines is 1. The second-order valence-corrected chi connectivity index (χ2v) is 13.3. The molecule has 0 saturated carbocycles. The lowest BCUT2D eigenvalue weighted by Crippen LogP contribution is -2.54. The maximum atomic E-state index is 14.3. The van der Waals surface area contributed by atoms with Gasteiger partial charge in [0.2, 0.25) is 21.8 Å². The van der Waals surface area contributed by atoms with Crippen LogP contribution in [0.1, 0.15) is 31.9 Å². The van der Waals surface area contributed by atoms with E-state index in [2.05, 4.69) is 5.32 Å². The highest BCUT2D eigenvalue weighted by Gasteiger charge is 2.34. The van der Waals surface area contributed by atoms with Crippen LogP contribution in [0.5, 0.6) is 11.5 Å². The van der Waals surface area contributed by atoms with Gasteiger partial charge in [-0.25, -0.2) is 8.42 Å². The number of carbonyl (C=O) groups excluding carboxylic acids is 2. The first-order chi connectivity index (χ1) is 20.6. The monoisotopic (exact) mass is 627 g/mol. The molecule has 0 aliphatic carbocycles. The van der Waals surface area contributed by atoms with E-state index in [9.17, 15) is 18.0 Å². The number of fused-ring (bicyclic) bond motifs is 1. The number of halogens is 1. The standard InChI is InChI=1S/C32H38ClN3O6S/c1-4-43(39,40)36(26-14-15-29-30(19-26)42-17-16-41-29)22-31(37)35(21-25-12-8-9-13-27(25)33)28(32(38)34-20-23(2)3)18-24-10-6-5-7-11-24/h5-15,19,23,28H,4,16-18,20-22H2,1-3H3,(H,34,38). The van der Waals surface area contributed by atoms with Gasteiger partial charge in [-0.05, 0) is 42.2 Å². The number of carbonyl (C=O) groups is 2. The number of nitrogens with one attached hydrogen (secondary N) is 1. The van der Waals surface area contributed by atoms with Crippen molar-refractivity contribution >= 4 is 39.1 Å². The molecule has 43 heavy (non-hydrogen) atoms. The Labute approximate surface area is 258 Å². The molecule has 0 aromatic heterocycles. The van der Waals surface area contributed by atoms with Crippen molar-refractivity contribution in [3.05, 3.63) is 88.9 Å². The van der Waals surface area contributed by atoms with Gasteiger partial charge in [0.25, 0.3) is 0 Å². The van der Waals surface area contributed by atoms with Crippen LogP contribution in [0.4, 0.5) is 5.69 Å². The van der Waals surface area contributed by atoms with Crippen molar-refractivity contribution < 1.29 is 27.5 Å². The van der Waals surface area contributed by atoms with Crippen LogP contribution < -0.4 is 19.1 Å². The second kappa shape index (κ2) is 14.6. The summed E-state index contributed by atoms with van der Waals surface area (Å²) in [6, 6.07) is 20.3. The van der Waals surface area contributed by atoms with E-state index in [0.717, 1.165) is 9.87 Å². The minimum atomic E-state index is -3.91. The Morgan fingerprint density at radius 3 is 2.30 bits per heavy atom. The van der Waals surface area contributed by atoms with E-state index in [4.69, 9.17) is 21.1 Å². The summed E-state index contributed by atoms with van der Waals surface area (Å²) in [7, 11) is -3.91. The van der Waals surface area contributed by atoms with Crippen molar-refractivity contribution in [3.63, 3.8) is 0 Å². The summed E-state index contributed by atoms with van der Waals surface area (Å²) < 4.78 is 39.1. The molecule has 0 fully saturated rings. The van der Waals surface area contributed by atoms with Crippen molar-refractivity contribution in [2.45, 2.75) is 39.8 Å². The normalized spacial score (nSPS) is 13.3. The zero-order valence-corrected chi connectivity index (χ0v) is 26.2. The lowest BCUT2D eigenvalue weighted by atomic mass is 10.0. The van der Waals surface area contributed by atoms with Gasteiger partial charge in [-0.2, -0.15) is 0 Å². The number of nitrogens with zero attached hydrogens (tertiary/aromatic N) is 2. The molecule has 1 heterocycles. The third kappa shape index (κ3) is 8.42. The molecule has 0 radical (unpaired) electrons. The molecule has 1 atom stereocenters. The van der Waals surface area contributed by atoms with Crippen molar-refractivity contribution in [3.8, 4) is 11.5 Å². The van der Waals surface area contributed by atoms with Gasteiger partial charge < -0.3 is 19.7 Å². The molecule has 3 aromatic carbocycles. The summed E-state index contributed by atoms with van der Waals surface area (Å²) in [6.45, 7) is 6.11. The average Bonchev–Trinajstić information content (AvgIpc) is 3.01. The number of sulfonamides is 1. The van der Waals surface area contributed by atoms with Crippen molar-refractivity contribution in [1.29, 1.82) is 0 Å². The summed E-state index contributed by atoms with van der Waals surface area (Å²) >= 11 is 6.51. The number of ether oxygens (including phenoxy) is 2. The molecule has 1 aliphatic rings. The molecule has 9 nitrogen and oxygen atoms in total. The SMILES string of the molecule is CCS(=O)(=O)N(CC(=O)N(Cc1ccccc1Cl)C(Cc1ccccc1)C(=O)NCC(C)C)c1ccc2c(c1)OCCO2. The molecular formula is C32H38ClN3O6S. The number of hydrogen-bond acceptors (Lipinski definition) is 6. The molecule has 1 N–H and O–H groups in total. The minimum absolute atomic E-state index is 0.00621. The van der Waals surface area contributed by atoms with Crippen LogP contribution in [-0.4, -0.2) is 63.2 Å².